The Hall–Kier alpha value is -3.91. The van der Waals surface area contributed by atoms with Gasteiger partial charge in [-0.2, -0.15) is 5.26 Å². The lowest BCUT2D eigenvalue weighted by atomic mass is 10.0. The standard InChI is InChI=1S/C25H25F3N6O2/c1-15-19(7-5-16(10-29)23(15)28)20-12-31-34(25(20)36)22-8-6-17(11-30-22)24(35)33-9-3-4-18(13-33)32(2)14-21(26)27/h5-8,11-12,18,21,31H,3-4,9,13-14H2,1-2H3. The Bertz CT molecular complexity index is 1360. The molecule has 0 bridgehead atoms. The number of carbonyl (C=O) groups excluding carboxylic acids is 1. The third kappa shape index (κ3) is 4.90. The Kier molecular flexibility index (Phi) is 7.26. The first-order valence-corrected chi connectivity index (χ1v) is 11.4. The van der Waals surface area contributed by atoms with Gasteiger partial charge < -0.3 is 4.90 Å². The van der Waals surface area contributed by atoms with Gasteiger partial charge in [0, 0.05) is 31.5 Å². The summed E-state index contributed by atoms with van der Waals surface area (Å²) in [6.07, 6.45) is 1.82. The second-order valence-corrected chi connectivity index (χ2v) is 8.82. The van der Waals surface area contributed by atoms with Crippen LogP contribution in [0.3, 0.4) is 0 Å². The zero-order chi connectivity index (χ0) is 26.0. The number of H-pyrrole nitrogens is 1. The number of nitrogens with one attached hydrogen (secondary N) is 1. The van der Waals surface area contributed by atoms with Gasteiger partial charge in [0.15, 0.2) is 5.82 Å². The number of nitrogens with zero attached hydrogens (tertiary/aromatic N) is 5. The Morgan fingerprint density at radius 1 is 1.31 bits per heavy atom. The van der Waals surface area contributed by atoms with Gasteiger partial charge in [0.25, 0.3) is 17.9 Å². The summed E-state index contributed by atoms with van der Waals surface area (Å²) < 4.78 is 41.1. The summed E-state index contributed by atoms with van der Waals surface area (Å²) in [4.78, 5) is 33.5. The molecule has 3 aromatic rings. The zero-order valence-corrected chi connectivity index (χ0v) is 19.8. The van der Waals surface area contributed by atoms with E-state index >= 15 is 0 Å². The van der Waals surface area contributed by atoms with Crippen LogP contribution in [0.4, 0.5) is 13.2 Å². The van der Waals surface area contributed by atoms with Crippen molar-refractivity contribution in [2.45, 2.75) is 32.2 Å². The van der Waals surface area contributed by atoms with E-state index in [0.717, 1.165) is 6.42 Å². The van der Waals surface area contributed by atoms with Gasteiger partial charge >= 0.3 is 0 Å². The van der Waals surface area contributed by atoms with Crippen LogP contribution in [0.1, 0.15) is 34.3 Å². The first-order chi connectivity index (χ1) is 17.2. The number of likely N-dealkylation sites (N-methyl/N-ethyl adjacent to an activating group) is 1. The number of aromatic nitrogens is 3. The van der Waals surface area contributed by atoms with E-state index in [1.807, 2.05) is 0 Å². The Labute approximate surface area is 205 Å². The van der Waals surface area contributed by atoms with Crippen LogP contribution in [0.15, 0.2) is 41.5 Å². The van der Waals surface area contributed by atoms with Gasteiger partial charge in [-0.25, -0.2) is 22.8 Å². The highest BCUT2D eigenvalue weighted by molar-refractivity contribution is 5.94. The van der Waals surface area contributed by atoms with E-state index in [2.05, 4.69) is 10.1 Å². The molecule has 3 heterocycles. The van der Waals surface area contributed by atoms with E-state index in [1.54, 1.807) is 29.0 Å². The van der Waals surface area contributed by atoms with Crippen LogP contribution in [0, 0.1) is 24.1 Å². The molecule has 1 aliphatic rings. The number of pyridine rings is 1. The minimum Gasteiger partial charge on any atom is -0.337 e. The van der Waals surface area contributed by atoms with Gasteiger partial charge in [-0.15, -0.1) is 0 Å². The summed E-state index contributed by atoms with van der Waals surface area (Å²) in [5, 5.41) is 11.8. The maximum Gasteiger partial charge on any atom is 0.280 e. The molecule has 8 nitrogen and oxygen atoms in total. The van der Waals surface area contributed by atoms with Gasteiger partial charge in [0.2, 0.25) is 0 Å². The molecule has 1 fully saturated rings. The molecule has 0 spiro atoms. The monoisotopic (exact) mass is 498 g/mol. The quantitative estimate of drug-likeness (QED) is 0.562. The lowest BCUT2D eigenvalue weighted by Crippen LogP contribution is -2.49. The number of benzene rings is 1. The van der Waals surface area contributed by atoms with Crippen LogP contribution in [0.5, 0.6) is 0 Å². The lowest BCUT2D eigenvalue weighted by molar-refractivity contribution is 0.0439. The number of hydrogen-bond donors (Lipinski definition) is 1. The van der Waals surface area contributed by atoms with Crippen LogP contribution in [-0.2, 0) is 0 Å². The van der Waals surface area contributed by atoms with Crippen molar-refractivity contribution < 1.29 is 18.0 Å². The number of hydrogen-bond acceptors (Lipinski definition) is 5. The third-order valence-corrected chi connectivity index (χ3v) is 6.53. The van der Waals surface area contributed by atoms with Crippen molar-refractivity contribution in [3.05, 3.63) is 69.5 Å². The number of rotatable bonds is 6. The molecular weight excluding hydrogens is 473 g/mol. The normalized spacial score (nSPS) is 15.9. The largest absolute Gasteiger partial charge is 0.337 e. The highest BCUT2D eigenvalue weighted by Gasteiger charge is 2.28. The topological polar surface area (TPSA) is 98.0 Å². The van der Waals surface area contributed by atoms with Gasteiger partial charge in [-0.3, -0.25) is 19.6 Å². The van der Waals surface area contributed by atoms with Crippen molar-refractivity contribution in [3.8, 4) is 23.0 Å². The number of aromatic amines is 1. The number of piperidine rings is 1. The van der Waals surface area contributed by atoms with Gasteiger partial charge in [-0.1, -0.05) is 6.07 Å². The molecule has 1 unspecified atom stereocenters. The molecule has 11 heteroatoms. The molecule has 188 valence electrons. The fourth-order valence-electron chi connectivity index (χ4n) is 4.49. The summed E-state index contributed by atoms with van der Waals surface area (Å²) in [5.41, 5.74) is 0.510. The molecule has 1 N–H and O–H groups in total. The molecular formula is C25H25F3N6O2. The summed E-state index contributed by atoms with van der Waals surface area (Å²) in [6.45, 7) is 2.03. The minimum atomic E-state index is -2.44. The first-order valence-electron chi connectivity index (χ1n) is 11.4. The SMILES string of the molecule is Cc1c(-c2c[nH]n(-c3ccc(C(=O)N4CCCC(N(C)CC(F)F)C4)cn3)c2=O)ccc(C#N)c1F. The molecule has 36 heavy (non-hydrogen) atoms. The smallest absolute Gasteiger partial charge is 0.280 e. The molecule has 1 atom stereocenters. The van der Waals surface area contributed by atoms with E-state index in [1.165, 1.54) is 42.2 Å². The molecule has 1 aliphatic heterocycles. The number of halogens is 3. The van der Waals surface area contributed by atoms with Crippen molar-refractivity contribution in [2.75, 3.05) is 26.7 Å². The zero-order valence-electron chi connectivity index (χ0n) is 19.8. The molecule has 0 aliphatic carbocycles. The van der Waals surface area contributed by atoms with Crippen molar-refractivity contribution in [2.24, 2.45) is 0 Å². The van der Waals surface area contributed by atoms with Gasteiger partial charge in [-0.05, 0) is 56.1 Å². The fourth-order valence-corrected chi connectivity index (χ4v) is 4.49. The van der Waals surface area contributed by atoms with Crippen molar-refractivity contribution in [1.82, 2.24) is 24.6 Å². The second kappa shape index (κ2) is 10.4. The van der Waals surface area contributed by atoms with Crippen LogP contribution in [-0.4, -0.2) is 69.6 Å². The summed E-state index contributed by atoms with van der Waals surface area (Å²) in [7, 11) is 1.64. The number of likely N-dealkylation sites (tertiary alicyclic amines) is 1. The Morgan fingerprint density at radius 3 is 2.75 bits per heavy atom. The summed E-state index contributed by atoms with van der Waals surface area (Å²) >= 11 is 0. The number of alkyl halides is 2. The van der Waals surface area contributed by atoms with Crippen LogP contribution in [0.2, 0.25) is 0 Å². The predicted octanol–water partition coefficient (Wildman–Crippen LogP) is 3.35. The molecule has 4 rings (SSSR count). The molecule has 1 saturated heterocycles. The Balaban J connectivity index is 1.52. The highest BCUT2D eigenvalue weighted by Crippen LogP contribution is 2.25. The van der Waals surface area contributed by atoms with Gasteiger partial charge in [0.05, 0.1) is 23.2 Å². The van der Waals surface area contributed by atoms with Crippen molar-refractivity contribution in [1.29, 1.82) is 5.26 Å². The average Bonchev–Trinajstić information content (AvgIpc) is 3.25. The molecule has 1 amide bonds. The van der Waals surface area contributed by atoms with E-state index in [0.29, 0.717) is 30.6 Å². The highest BCUT2D eigenvalue weighted by atomic mass is 19.3. The predicted molar refractivity (Wildman–Crippen MR) is 127 cm³/mol. The van der Waals surface area contributed by atoms with E-state index < -0.39 is 17.8 Å². The lowest BCUT2D eigenvalue weighted by Gasteiger charge is -2.37. The first kappa shape index (κ1) is 25.2. The number of carbonyl (C=O) groups is 1. The van der Waals surface area contributed by atoms with E-state index in [-0.39, 0.29) is 41.0 Å². The van der Waals surface area contributed by atoms with Crippen molar-refractivity contribution >= 4 is 5.91 Å². The van der Waals surface area contributed by atoms with Crippen LogP contribution < -0.4 is 5.56 Å². The van der Waals surface area contributed by atoms with Crippen molar-refractivity contribution in [3.63, 3.8) is 0 Å². The maximum atomic E-state index is 14.4. The molecule has 0 saturated carbocycles. The minimum absolute atomic E-state index is 0.102. The average molecular weight is 499 g/mol. The number of amides is 1. The van der Waals surface area contributed by atoms with E-state index in [4.69, 9.17) is 5.26 Å². The molecule has 2 aromatic heterocycles. The third-order valence-electron chi connectivity index (χ3n) is 6.53. The van der Waals surface area contributed by atoms with E-state index in [9.17, 15) is 22.8 Å². The molecule has 1 aromatic carbocycles. The maximum absolute atomic E-state index is 14.4. The Morgan fingerprint density at radius 2 is 2.08 bits per heavy atom. The number of nitriles is 1. The molecule has 0 radical (unpaired) electrons. The van der Waals surface area contributed by atoms with Crippen LogP contribution >= 0.6 is 0 Å². The summed E-state index contributed by atoms with van der Waals surface area (Å²) in [6, 6.07) is 7.54. The second-order valence-electron chi connectivity index (χ2n) is 8.82. The van der Waals surface area contributed by atoms with Gasteiger partial charge in [0.1, 0.15) is 11.9 Å². The van der Waals surface area contributed by atoms with Crippen LogP contribution in [0.25, 0.3) is 16.9 Å². The summed E-state index contributed by atoms with van der Waals surface area (Å²) in [5.74, 6) is -0.696. The fraction of sp³-hybridized carbons (Fsp3) is 0.360.